The number of nitro groups is 1. The highest BCUT2D eigenvalue weighted by molar-refractivity contribution is 7.73. The summed E-state index contributed by atoms with van der Waals surface area (Å²) in [6, 6.07) is 4.44. The predicted molar refractivity (Wildman–Crippen MR) is 105 cm³/mol. The molecular formula is C17H15N3O5S2. The number of fused-ring (bicyclic) bond motifs is 1. The maximum Gasteiger partial charge on any atom is 0.323 e. The van der Waals surface area contributed by atoms with E-state index in [0.29, 0.717) is 21.7 Å². The normalized spacial score (nSPS) is 14.5. The number of hydrogen-bond acceptors (Lipinski definition) is 7. The summed E-state index contributed by atoms with van der Waals surface area (Å²) in [7, 11) is 0. The van der Waals surface area contributed by atoms with Gasteiger partial charge in [0.25, 0.3) is 5.69 Å². The van der Waals surface area contributed by atoms with Gasteiger partial charge >= 0.3 is 5.97 Å². The number of aromatic hydroxyl groups is 1. The number of nitrogens with zero attached hydrogens (tertiary/aromatic N) is 3. The molecule has 1 aromatic heterocycles. The van der Waals surface area contributed by atoms with E-state index in [-0.39, 0.29) is 21.4 Å². The average Bonchev–Trinajstić information content (AvgIpc) is 3.07. The van der Waals surface area contributed by atoms with Crippen LogP contribution in [0.1, 0.15) is 24.3 Å². The molecule has 0 radical (unpaired) electrons. The Morgan fingerprint density at radius 3 is 2.78 bits per heavy atom. The van der Waals surface area contributed by atoms with Crippen molar-refractivity contribution in [2.75, 3.05) is 0 Å². The van der Waals surface area contributed by atoms with Gasteiger partial charge in [-0.2, -0.15) is 0 Å². The number of carboxylic acids is 1. The number of benzene rings is 1. The number of carbonyl (C=O) groups is 1. The van der Waals surface area contributed by atoms with Gasteiger partial charge in [0.05, 0.1) is 21.2 Å². The average molecular weight is 405 g/mol. The monoisotopic (exact) mass is 405 g/mol. The molecular weight excluding hydrogens is 390 g/mol. The maximum atomic E-state index is 11.1. The lowest BCUT2D eigenvalue weighted by Gasteiger charge is -2.08. The van der Waals surface area contributed by atoms with Crippen molar-refractivity contribution in [1.29, 1.82) is 0 Å². The Labute approximate surface area is 162 Å². The largest absolute Gasteiger partial charge is 0.493 e. The second kappa shape index (κ2) is 7.05. The van der Waals surface area contributed by atoms with Crippen LogP contribution in [0.4, 0.5) is 11.4 Å². The predicted octanol–water partition coefficient (Wildman–Crippen LogP) is 4.26. The summed E-state index contributed by atoms with van der Waals surface area (Å²) in [5.41, 5.74) is 2.53. The molecule has 2 aromatic rings. The minimum atomic E-state index is -1.12. The van der Waals surface area contributed by atoms with Crippen molar-refractivity contribution in [1.82, 2.24) is 4.57 Å². The fourth-order valence-corrected chi connectivity index (χ4v) is 4.03. The van der Waals surface area contributed by atoms with Crippen molar-refractivity contribution < 1.29 is 19.9 Å². The van der Waals surface area contributed by atoms with Crippen molar-refractivity contribution in [3.8, 4) is 5.88 Å². The third-order valence-electron chi connectivity index (χ3n) is 4.01. The van der Waals surface area contributed by atoms with E-state index >= 15 is 0 Å². The van der Waals surface area contributed by atoms with Crippen molar-refractivity contribution in [2.24, 2.45) is 10.9 Å². The molecule has 0 spiro atoms. The third-order valence-corrected chi connectivity index (χ3v) is 5.39. The van der Waals surface area contributed by atoms with Crippen molar-refractivity contribution in [3.63, 3.8) is 0 Å². The summed E-state index contributed by atoms with van der Waals surface area (Å²) in [6.07, 6.45) is 1.66. The topological polar surface area (TPSA) is 118 Å². The van der Waals surface area contributed by atoms with Crippen LogP contribution in [0, 0.1) is 20.0 Å². The van der Waals surface area contributed by atoms with Gasteiger partial charge in [-0.1, -0.05) is 13.8 Å². The van der Waals surface area contributed by atoms with Crippen LogP contribution >= 0.6 is 23.6 Å². The molecule has 8 nitrogen and oxygen atoms in total. The van der Waals surface area contributed by atoms with Crippen LogP contribution in [0.2, 0.25) is 0 Å². The van der Waals surface area contributed by atoms with E-state index in [4.69, 9.17) is 17.3 Å². The summed E-state index contributed by atoms with van der Waals surface area (Å²) in [4.78, 5) is 26.5. The van der Waals surface area contributed by atoms with Gasteiger partial charge in [-0.25, -0.2) is 0 Å². The molecule has 0 fully saturated rings. The standard InChI is InChI=1S/C17H15N3O5S2/c1-8(2)15-11(10-5-9(20(24)25)3-4-12(10)18-15)6-13-16(23)19(7-14(21)22)17(26)27-13/h3-6,8,23H,7H2,1-2H3,(H,21,22)/b11-6+. The van der Waals surface area contributed by atoms with E-state index in [2.05, 4.69) is 4.99 Å². The van der Waals surface area contributed by atoms with Crippen LogP contribution in [0.3, 0.4) is 0 Å². The second-order valence-corrected chi connectivity index (χ2v) is 7.88. The molecule has 1 aliphatic heterocycles. The summed E-state index contributed by atoms with van der Waals surface area (Å²) in [6.45, 7) is 3.45. The SMILES string of the molecule is CC(C)C1=Nc2ccc([N+](=O)[O-])cc2/C1=C\c1sc(=S)n(CC(=O)O)c1O. The van der Waals surface area contributed by atoms with Crippen LogP contribution < -0.4 is 0 Å². The first-order valence-electron chi connectivity index (χ1n) is 7.93. The number of aliphatic carboxylic acids is 1. The smallest absolute Gasteiger partial charge is 0.323 e. The van der Waals surface area contributed by atoms with E-state index in [1.807, 2.05) is 13.8 Å². The Hall–Kier alpha value is -2.85. The number of nitro benzene ring substituents is 1. The lowest BCUT2D eigenvalue weighted by atomic mass is 9.95. The molecule has 0 saturated carbocycles. The molecule has 0 saturated heterocycles. The molecule has 2 heterocycles. The van der Waals surface area contributed by atoms with E-state index < -0.39 is 17.4 Å². The molecule has 3 rings (SSSR count). The Morgan fingerprint density at radius 1 is 1.48 bits per heavy atom. The number of aromatic nitrogens is 1. The van der Waals surface area contributed by atoms with Crippen molar-refractivity contribution >= 4 is 58.3 Å². The molecule has 0 atom stereocenters. The molecule has 1 aromatic carbocycles. The van der Waals surface area contributed by atoms with Crippen LogP contribution in [-0.2, 0) is 11.3 Å². The molecule has 2 N–H and O–H groups in total. The number of aliphatic imine (C=N–C) groups is 1. The van der Waals surface area contributed by atoms with E-state index in [9.17, 15) is 20.0 Å². The highest BCUT2D eigenvalue weighted by Gasteiger charge is 2.26. The van der Waals surface area contributed by atoms with Crippen LogP contribution in [0.25, 0.3) is 11.6 Å². The Bertz CT molecular complexity index is 1080. The number of thiazole rings is 1. The molecule has 1 aliphatic rings. The minimum absolute atomic E-state index is 0.0407. The molecule has 10 heteroatoms. The number of carboxylic acid groups (broad SMARTS) is 1. The van der Waals surface area contributed by atoms with Gasteiger partial charge in [0.15, 0.2) is 3.95 Å². The summed E-state index contributed by atoms with van der Waals surface area (Å²) in [5.74, 6) is -1.33. The fourth-order valence-electron chi connectivity index (χ4n) is 2.78. The molecule has 140 valence electrons. The Kier molecular flexibility index (Phi) is 4.94. The van der Waals surface area contributed by atoms with Crippen LogP contribution in [0.5, 0.6) is 5.88 Å². The fraction of sp³-hybridized carbons (Fsp3) is 0.235. The highest BCUT2D eigenvalue weighted by Crippen LogP contribution is 2.41. The van der Waals surface area contributed by atoms with Crippen LogP contribution in [0.15, 0.2) is 23.2 Å². The van der Waals surface area contributed by atoms with Gasteiger partial charge in [-0.15, -0.1) is 11.3 Å². The van der Waals surface area contributed by atoms with Crippen LogP contribution in [-0.4, -0.2) is 31.4 Å². The first kappa shape index (κ1) is 18.9. The van der Waals surface area contributed by atoms with E-state index in [1.165, 1.54) is 12.1 Å². The van der Waals surface area contributed by atoms with Crippen molar-refractivity contribution in [3.05, 3.63) is 42.7 Å². The lowest BCUT2D eigenvalue weighted by molar-refractivity contribution is -0.384. The summed E-state index contributed by atoms with van der Waals surface area (Å²) in [5, 5.41) is 30.5. The van der Waals surface area contributed by atoms with Gasteiger partial charge in [0.2, 0.25) is 5.88 Å². The molecule has 0 aliphatic carbocycles. The third kappa shape index (κ3) is 3.53. The quantitative estimate of drug-likeness (QED) is 0.436. The Morgan fingerprint density at radius 2 is 2.19 bits per heavy atom. The zero-order valence-corrected chi connectivity index (χ0v) is 16.0. The van der Waals surface area contributed by atoms with E-state index in [0.717, 1.165) is 21.6 Å². The maximum absolute atomic E-state index is 11.1. The molecule has 27 heavy (non-hydrogen) atoms. The minimum Gasteiger partial charge on any atom is -0.493 e. The zero-order chi connectivity index (χ0) is 19.9. The van der Waals surface area contributed by atoms with Gasteiger partial charge in [0.1, 0.15) is 6.54 Å². The number of rotatable bonds is 5. The second-order valence-electron chi connectivity index (χ2n) is 6.20. The van der Waals surface area contributed by atoms with Crippen molar-refractivity contribution in [2.45, 2.75) is 20.4 Å². The molecule has 0 amide bonds. The van der Waals surface area contributed by atoms with Gasteiger partial charge in [-0.3, -0.25) is 24.5 Å². The first-order chi connectivity index (χ1) is 12.7. The molecule has 0 bridgehead atoms. The van der Waals surface area contributed by atoms with Gasteiger partial charge in [-0.05, 0) is 30.3 Å². The summed E-state index contributed by atoms with van der Waals surface area (Å²) < 4.78 is 1.35. The van der Waals surface area contributed by atoms with Gasteiger partial charge < -0.3 is 10.2 Å². The number of allylic oxidation sites excluding steroid dienone is 1. The molecule has 0 unspecified atom stereocenters. The number of hydrogen-bond donors (Lipinski definition) is 2. The zero-order valence-electron chi connectivity index (χ0n) is 14.4. The lowest BCUT2D eigenvalue weighted by Crippen LogP contribution is -2.08. The highest BCUT2D eigenvalue weighted by atomic mass is 32.1. The summed E-state index contributed by atoms with van der Waals surface area (Å²) >= 11 is 6.21. The van der Waals surface area contributed by atoms with Gasteiger partial charge in [0, 0.05) is 23.3 Å². The van der Waals surface area contributed by atoms with E-state index in [1.54, 1.807) is 12.1 Å². The Balaban J connectivity index is 2.17. The number of non-ortho nitro benzene ring substituents is 1. The first-order valence-corrected chi connectivity index (χ1v) is 9.15.